The number of imide groups is 2. The zero-order valence-corrected chi connectivity index (χ0v) is 29.1. The van der Waals surface area contributed by atoms with Crippen molar-refractivity contribution in [2.75, 3.05) is 50.1 Å². The molecule has 0 radical (unpaired) electrons. The highest BCUT2D eigenvalue weighted by atomic mass is 16.2. The first kappa shape index (κ1) is 31.7. The highest BCUT2D eigenvalue weighted by Crippen LogP contribution is 2.46. The number of hydrogen-bond acceptors (Lipinski definition) is 6. The summed E-state index contributed by atoms with van der Waals surface area (Å²) < 4.78 is 0. The predicted octanol–water partition coefficient (Wildman–Crippen LogP) is 7.98. The molecule has 0 N–H and O–H groups in total. The normalized spacial score (nSPS) is 14.1. The fourth-order valence-electron chi connectivity index (χ4n) is 8.33. The molecule has 0 saturated heterocycles. The Morgan fingerprint density at radius 1 is 0.404 bits per heavy atom. The van der Waals surface area contributed by atoms with E-state index in [0.717, 1.165) is 43.7 Å². The highest BCUT2D eigenvalue weighted by molar-refractivity contribution is 6.41. The average molecular weight is 685 g/mol. The van der Waals surface area contributed by atoms with Crippen LogP contribution in [0.4, 0.5) is 11.4 Å². The van der Waals surface area contributed by atoms with Gasteiger partial charge >= 0.3 is 0 Å². The minimum absolute atomic E-state index is 0.286. The summed E-state index contributed by atoms with van der Waals surface area (Å²) in [5, 5.41) is 6.59. The number of fused-ring (bicyclic) bond motifs is 2. The first-order valence-electron chi connectivity index (χ1n) is 17.8. The van der Waals surface area contributed by atoms with Gasteiger partial charge in [0.2, 0.25) is 0 Å². The van der Waals surface area contributed by atoms with Gasteiger partial charge in [0, 0.05) is 84.7 Å². The van der Waals surface area contributed by atoms with Crippen LogP contribution in [0.2, 0.25) is 0 Å². The number of carbonyl (C=O) groups is 4. The third kappa shape index (κ3) is 4.74. The van der Waals surface area contributed by atoms with Gasteiger partial charge in [0.15, 0.2) is 0 Å². The first-order chi connectivity index (χ1) is 25.3. The lowest BCUT2D eigenvalue weighted by Crippen LogP contribution is -2.42. The van der Waals surface area contributed by atoms with E-state index in [0.29, 0.717) is 72.0 Å². The van der Waals surface area contributed by atoms with Crippen molar-refractivity contribution in [3.05, 3.63) is 131 Å². The van der Waals surface area contributed by atoms with Gasteiger partial charge in [-0.05, 0) is 93.7 Å². The molecule has 0 bridgehead atoms. The van der Waals surface area contributed by atoms with Crippen molar-refractivity contribution in [3.8, 4) is 0 Å². The number of para-hydroxylation sites is 2. The lowest BCUT2D eigenvalue weighted by molar-refractivity contribution is 0.0594. The second-order valence-electron chi connectivity index (χ2n) is 13.9. The largest absolute Gasteiger partial charge is 0.375 e. The van der Waals surface area contributed by atoms with Gasteiger partial charge in [-0.2, -0.15) is 0 Å². The Labute approximate surface area is 300 Å². The fraction of sp³-hybridized carbons (Fsp3) is 0.182. The van der Waals surface area contributed by atoms with Gasteiger partial charge in [0.05, 0.1) is 0 Å². The minimum atomic E-state index is -0.286. The number of amides is 4. The van der Waals surface area contributed by atoms with E-state index < -0.39 is 0 Å². The highest BCUT2D eigenvalue weighted by Gasteiger charge is 2.36. The van der Waals surface area contributed by atoms with Crippen LogP contribution in [-0.4, -0.2) is 73.7 Å². The van der Waals surface area contributed by atoms with E-state index in [9.17, 15) is 19.2 Å². The SMILES string of the molecule is CN(CCCN1C(=O)c2ccc3c4ccc5c6c(ccc(c7ccc(c2c37)C1=O)c64)C(=O)N(CCCN(C)c1ccccc1)C5=O)c1ccccc1. The van der Waals surface area contributed by atoms with Gasteiger partial charge < -0.3 is 9.80 Å². The van der Waals surface area contributed by atoms with Crippen LogP contribution in [0.15, 0.2) is 109 Å². The van der Waals surface area contributed by atoms with E-state index in [-0.39, 0.29) is 23.6 Å². The predicted molar refractivity (Wildman–Crippen MR) is 207 cm³/mol. The van der Waals surface area contributed by atoms with Crippen molar-refractivity contribution >= 4 is 78.1 Å². The second kappa shape index (κ2) is 12.2. The molecule has 2 aliphatic heterocycles. The maximum Gasteiger partial charge on any atom is 0.261 e. The van der Waals surface area contributed by atoms with Crippen LogP contribution in [0.25, 0.3) is 43.1 Å². The first-order valence-corrected chi connectivity index (χ1v) is 17.8. The zero-order chi connectivity index (χ0) is 35.7. The Kier molecular flexibility index (Phi) is 7.43. The summed E-state index contributed by atoms with van der Waals surface area (Å²) in [7, 11) is 4.02. The quantitative estimate of drug-likeness (QED) is 0.0826. The number of carbonyl (C=O) groups excluding carboxylic acids is 4. The summed E-state index contributed by atoms with van der Waals surface area (Å²) in [4.78, 5) is 62.8. The molecule has 8 heteroatoms. The molecule has 4 amide bonds. The van der Waals surface area contributed by atoms with Crippen molar-refractivity contribution in [1.82, 2.24) is 9.80 Å². The number of anilines is 2. The third-order valence-corrected chi connectivity index (χ3v) is 10.9. The number of nitrogens with zero attached hydrogens (tertiary/aromatic N) is 4. The van der Waals surface area contributed by atoms with Crippen LogP contribution in [0.1, 0.15) is 54.3 Å². The van der Waals surface area contributed by atoms with E-state index >= 15 is 0 Å². The van der Waals surface area contributed by atoms with Crippen molar-refractivity contribution in [2.45, 2.75) is 12.8 Å². The molecule has 0 aliphatic carbocycles. The lowest BCUT2D eigenvalue weighted by Gasteiger charge is -2.30. The van der Waals surface area contributed by atoms with Gasteiger partial charge in [0.25, 0.3) is 23.6 Å². The Bertz CT molecular complexity index is 2300. The van der Waals surface area contributed by atoms with Crippen LogP contribution in [0, 0.1) is 0 Å². The molecule has 0 unspecified atom stereocenters. The Morgan fingerprint density at radius 2 is 0.712 bits per heavy atom. The molecule has 0 spiro atoms. The van der Waals surface area contributed by atoms with E-state index in [2.05, 4.69) is 9.80 Å². The maximum atomic E-state index is 14.0. The number of hydrogen-bond donors (Lipinski definition) is 0. The minimum Gasteiger partial charge on any atom is -0.375 e. The molecule has 7 aromatic rings. The van der Waals surface area contributed by atoms with Crippen LogP contribution in [-0.2, 0) is 0 Å². The van der Waals surface area contributed by atoms with Crippen LogP contribution >= 0.6 is 0 Å². The molecule has 0 aromatic heterocycles. The molecule has 7 aromatic carbocycles. The van der Waals surface area contributed by atoms with Crippen molar-refractivity contribution < 1.29 is 19.2 Å². The third-order valence-electron chi connectivity index (χ3n) is 10.9. The van der Waals surface area contributed by atoms with Crippen LogP contribution in [0.5, 0.6) is 0 Å². The van der Waals surface area contributed by atoms with Crippen molar-refractivity contribution in [1.29, 1.82) is 0 Å². The summed E-state index contributed by atoms with van der Waals surface area (Å²) in [6, 6.07) is 35.2. The van der Waals surface area contributed by atoms with Gasteiger partial charge in [-0.3, -0.25) is 29.0 Å². The molecule has 52 heavy (non-hydrogen) atoms. The number of rotatable bonds is 10. The lowest BCUT2D eigenvalue weighted by atomic mass is 9.82. The van der Waals surface area contributed by atoms with Gasteiger partial charge in [-0.25, -0.2) is 0 Å². The summed E-state index contributed by atoms with van der Waals surface area (Å²) >= 11 is 0. The molecule has 2 heterocycles. The Balaban J connectivity index is 1.05. The average Bonchev–Trinajstić information content (AvgIpc) is 3.18. The second-order valence-corrected chi connectivity index (χ2v) is 13.9. The summed E-state index contributed by atoms with van der Waals surface area (Å²) in [5.41, 5.74) is 4.22. The smallest absolute Gasteiger partial charge is 0.261 e. The van der Waals surface area contributed by atoms with Gasteiger partial charge in [-0.15, -0.1) is 0 Å². The molecule has 0 atom stereocenters. The topological polar surface area (TPSA) is 81.2 Å². The molecular weight excluding hydrogens is 649 g/mol. The molecule has 2 aliphatic rings. The number of benzene rings is 7. The van der Waals surface area contributed by atoms with E-state index in [4.69, 9.17) is 0 Å². The summed E-state index contributed by atoms with van der Waals surface area (Å²) in [6.07, 6.45) is 1.27. The maximum absolute atomic E-state index is 14.0. The van der Waals surface area contributed by atoms with E-state index in [1.165, 1.54) is 9.80 Å². The molecular formula is C44H36N4O4. The monoisotopic (exact) mass is 684 g/mol. The Morgan fingerprint density at radius 3 is 1.02 bits per heavy atom. The molecule has 256 valence electrons. The standard InChI is InChI=1S/C44H36N4O4/c1-45(27-11-5-3-6-12-27)23-9-25-47-41(49)33-19-15-29-31-17-21-35-40-36(22-18-32(38(31)40)30-16-20-34(42(47)50)39(33)37(29)30)44(52)48(43(35)51)26-10-24-46(2)28-13-7-4-8-14-28/h3-8,11-22H,9-10,23-26H2,1-2H3. The summed E-state index contributed by atoms with van der Waals surface area (Å²) in [6.45, 7) is 2.02. The van der Waals surface area contributed by atoms with Gasteiger partial charge in [-0.1, -0.05) is 60.7 Å². The molecule has 0 fully saturated rings. The Hall–Kier alpha value is -6.28. The molecule has 0 saturated carbocycles. The van der Waals surface area contributed by atoms with Crippen molar-refractivity contribution in [2.24, 2.45) is 0 Å². The van der Waals surface area contributed by atoms with E-state index in [1.807, 2.05) is 123 Å². The van der Waals surface area contributed by atoms with Crippen molar-refractivity contribution in [3.63, 3.8) is 0 Å². The molecule has 8 nitrogen and oxygen atoms in total. The zero-order valence-electron chi connectivity index (χ0n) is 29.1. The van der Waals surface area contributed by atoms with E-state index in [1.54, 1.807) is 0 Å². The van der Waals surface area contributed by atoms with Crippen LogP contribution < -0.4 is 9.80 Å². The fourth-order valence-corrected chi connectivity index (χ4v) is 8.33. The summed E-state index contributed by atoms with van der Waals surface area (Å²) in [5.74, 6) is -1.14. The van der Waals surface area contributed by atoms with Crippen LogP contribution in [0.3, 0.4) is 0 Å². The van der Waals surface area contributed by atoms with Gasteiger partial charge in [0.1, 0.15) is 0 Å². The molecule has 9 rings (SSSR count).